The average molecular weight is 364 g/mol. The van der Waals surface area contributed by atoms with Gasteiger partial charge in [0.15, 0.2) is 5.78 Å². The van der Waals surface area contributed by atoms with Crippen LogP contribution in [0.4, 0.5) is 0 Å². The molecule has 3 nitrogen and oxygen atoms in total. The van der Waals surface area contributed by atoms with Crippen LogP contribution in [0.3, 0.4) is 0 Å². The highest BCUT2D eigenvalue weighted by Crippen LogP contribution is 2.48. The maximum Gasteiger partial charge on any atom is 0.167 e. The van der Waals surface area contributed by atoms with Gasteiger partial charge in [0.05, 0.1) is 12.2 Å². The van der Waals surface area contributed by atoms with E-state index >= 15 is 0 Å². The average Bonchev–Trinajstić information content (AvgIpc) is 2.68. The van der Waals surface area contributed by atoms with Gasteiger partial charge >= 0.3 is 0 Å². The van der Waals surface area contributed by atoms with E-state index in [9.17, 15) is 9.90 Å². The number of ether oxygens (including phenoxy) is 1. The van der Waals surface area contributed by atoms with Gasteiger partial charge in [-0.05, 0) is 61.1 Å². The number of phenolic OH excluding ortho intramolecular Hbond substituents is 1. The molecule has 3 heteroatoms. The summed E-state index contributed by atoms with van der Waals surface area (Å²) in [6.45, 7) is 0.632. The number of hydrogen-bond donors (Lipinski definition) is 1. The van der Waals surface area contributed by atoms with Gasteiger partial charge in [-0.25, -0.2) is 0 Å². The number of benzene rings is 2. The molecule has 0 aliphatic heterocycles. The summed E-state index contributed by atoms with van der Waals surface area (Å²) in [7, 11) is 0. The Morgan fingerprint density at radius 1 is 1.04 bits per heavy atom. The molecule has 2 aliphatic rings. The van der Waals surface area contributed by atoms with Crippen LogP contribution in [0.5, 0.6) is 11.5 Å². The highest BCUT2D eigenvalue weighted by Gasteiger charge is 2.37. The first-order valence-electron chi connectivity index (χ1n) is 10.3. The molecule has 2 aliphatic carbocycles. The van der Waals surface area contributed by atoms with Crippen LogP contribution in [0.1, 0.15) is 72.3 Å². The van der Waals surface area contributed by atoms with E-state index in [-0.39, 0.29) is 11.5 Å². The number of aromatic hydroxyl groups is 1. The molecule has 0 amide bonds. The van der Waals surface area contributed by atoms with E-state index < -0.39 is 0 Å². The lowest BCUT2D eigenvalue weighted by atomic mass is 9.67. The van der Waals surface area contributed by atoms with Crippen molar-refractivity contribution in [2.24, 2.45) is 5.92 Å². The summed E-state index contributed by atoms with van der Waals surface area (Å²) in [6.07, 6.45) is 8.35. The predicted molar refractivity (Wildman–Crippen MR) is 107 cm³/mol. The van der Waals surface area contributed by atoms with Gasteiger partial charge in [-0.1, -0.05) is 43.2 Å². The highest BCUT2D eigenvalue weighted by molar-refractivity contribution is 6.01. The van der Waals surface area contributed by atoms with E-state index in [1.165, 1.54) is 18.4 Å². The molecule has 2 aromatic carbocycles. The molecule has 1 N–H and O–H groups in total. The normalized spacial score (nSPS) is 21.4. The van der Waals surface area contributed by atoms with Crippen LogP contribution < -0.4 is 4.74 Å². The third-order valence-electron chi connectivity index (χ3n) is 6.13. The first-order valence-corrected chi connectivity index (χ1v) is 10.3. The summed E-state index contributed by atoms with van der Waals surface area (Å²) < 4.78 is 5.93. The van der Waals surface area contributed by atoms with Crippen molar-refractivity contribution in [1.82, 2.24) is 0 Å². The molecular formula is C24H28O3. The number of phenols is 1. The van der Waals surface area contributed by atoms with E-state index in [0.29, 0.717) is 36.2 Å². The molecule has 1 saturated carbocycles. The lowest BCUT2D eigenvalue weighted by Gasteiger charge is -2.36. The van der Waals surface area contributed by atoms with Crippen molar-refractivity contribution in [2.75, 3.05) is 6.61 Å². The van der Waals surface area contributed by atoms with Crippen LogP contribution >= 0.6 is 0 Å². The SMILES string of the molecule is O=C1C[C@@H]2CCCC[C@H]2c2cc(OCCCCc3ccccc3)cc(O)c21. The second-order valence-corrected chi connectivity index (χ2v) is 7.98. The maximum atomic E-state index is 12.5. The molecule has 0 aromatic heterocycles. The predicted octanol–water partition coefficient (Wildman–Crippen LogP) is 5.65. The van der Waals surface area contributed by atoms with E-state index in [1.54, 1.807) is 6.07 Å². The monoisotopic (exact) mass is 364 g/mol. The Kier molecular flexibility index (Phi) is 5.47. The van der Waals surface area contributed by atoms with Crippen LogP contribution in [-0.4, -0.2) is 17.5 Å². The third-order valence-corrected chi connectivity index (χ3v) is 6.13. The molecule has 142 valence electrons. The molecule has 0 unspecified atom stereocenters. The van der Waals surface area contributed by atoms with Gasteiger partial charge < -0.3 is 9.84 Å². The first kappa shape index (κ1) is 18.1. The molecule has 0 spiro atoms. The summed E-state index contributed by atoms with van der Waals surface area (Å²) in [6, 6.07) is 14.1. The molecule has 2 aromatic rings. The number of hydrogen-bond acceptors (Lipinski definition) is 3. The number of Topliss-reactive ketones (excluding diaryl/α,β-unsaturated/α-hetero) is 1. The van der Waals surface area contributed by atoms with E-state index in [2.05, 4.69) is 24.3 Å². The number of ketones is 1. The number of fused-ring (bicyclic) bond motifs is 3. The van der Waals surface area contributed by atoms with Gasteiger partial charge in [0.1, 0.15) is 11.5 Å². The minimum absolute atomic E-state index is 0.0973. The van der Waals surface area contributed by atoms with Crippen LogP contribution in [-0.2, 0) is 6.42 Å². The molecule has 0 bridgehead atoms. The van der Waals surface area contributed by atoms with Crippen LogP contribution in [0.15, 0.2) is 42.5 Å². The Hall–Kier alpha value is -2.29. The minimum Gasteiger partial charge on any atom is -0.507 e. The van der Waals surface area contributed by atoms with Crippen molar-refractivity contribution in [3.05, 3.63) is 59.2 Å². The fraction of sp³-hybridized carbons (Fsp3) is 0.458. The summed E-state index contributed by atoms with van der Waals surface area (Å²) >= 11 is 0. The van der Waals surface area contributed by atoms with Gasteiger partial charge in [0.2, 0.25) is 0 Å². The zero-order valence-corrected chi connectivity index (χ0v) is 15.8. The Morgan fingerprint density at radius 3 is 2.70 bits per heavy atom. The third kappa shape index (κ3) is 4.02. The first-order chi connectivity index (χ1) is 13.2. The largest absolute Gasteiger partial charge is 0.507 e. The number of carbonyl (C=O) groups is 1. The number of rotatable bonds is 6. The molecule has 0 radical (unpaired) electrons. The van der Waals surface area contributed by atoms with Gasteiger partial charge in [-0.2, -0.15) is 0 Å². The van der Waals surface area contributed by atoms with Crippen molar-refractivity contribution in [3.63, 3.8) is 0 Å². The van der Waals surface area contributed by atoms with Crippen LogP contribution in [0.25, 0.3) is 0 Å². The topological polar surface area (TPSA) is 46.5 Å². The Morgan fingerprint density at radius 2 is 1.85 bits per heavy atom. The fourth-order valence-electron chi connectivity index (χ4n) is 4.77. The molecule has 4 rings (SSSR count). The molecule has 27 heavy (non-hydrogen) atoms. The standard InChI is InChI=1S/C24H28O3/c25-22-14-18-11-4-5-12-20(18)21-15-19(16-23(26)24(21)22)27-13-7-6-10-17-8-2-1-3-9-17/h1-3,8-9,15-16,18,20,26H,4-7,10-14H2/t18-,20+/m0/s1. The second kappa shape index (κ2) is 8.16. The van der Waals surface area contributed by atoms with Crippen LogP contribution in [0, 0.1) is 5.92 Å². The van der Waals surface area contributed by atoms with Gasteiger partial charge in [-0.15, -0.1) is 0 Å². The summed E-state index contributed by atoms with van der Waals surface area (Å²) in [5.41, 5.74) is 2.93. The Balaban J connectivity index is 1.39. The summed E-state index contributed by atoms with van der Waals surface area (Å²) in [5.74, 6) is 1.74. The molecule has 1 fully saturated rings. The summed E-state index contributed by atoms with van der Waals surface area (Å²) in [4.78, 5) is 12.5. The van der Waals surface area contributed by atoms with E-state index in [0.717, 1.165) is 37.7 Å². The maximum absolute atomic E-state index is 12.5. The quantitative estimate of drug-likeness (QED) is 0.673. The number of unbranched alkanes of at least 4 members (excludes halogenated alkanes) is 1. The van der Waals surface area contributed by atoms with E-state index in [1.807, 2.05) is 12.1 Å². The van der Waals surface area contributed by atoms with Crippen molar-refractivity contribution in [3.8, 4) is 11.5 Å². The van der Waals surface area contributed by atoms with Crippen molar-refractivity contribution < 1.29 is 14.6 Å². The second-order valence-electron chi connectivity index (χ2n) is 7.98. The lowest BCUT2D eigenvalue weighted by Crippen LogP contribution is -2.27. The zero-order valence-electron chi connectivity index (χ0n) is 15.8. The van der Waals surface area contributed by atoms with Gasteiger partial charge in [-0.3, -0.25) is 4.79 Å². The van der Waals surface area contributed by atoms with Crippen molar-refractivity contribution in [2.45, 2.75) is 57.3 Å². The molecular weight excluding hydrogens is 336 g/mol. The molecule has 2 atom stereocenters. The fourth-order valence-corrected chi connectivity index (χ4v) is 4.77. The number of carbonyl (C=O) groups excluding carboxylic acids is 1. The zero-order chi connectivity index (χ0) is 18.6. The van der Waals surface area contributed by atoms with Gasteiger partial charge in [0.25, 0.3) is 0 Å². The molecule has 0 saturated heterocycles. The minimum atomic E-state index is 0.0973. The van der Waals surface area contributed by atoms with Gasteiger partial charge in [0, 0.05) is 12.5 Å². The Labute approximate surface area is 161 Å². The van der Waals surface area contributed by atoms with Crippen molar-refractivity contribution >= 4 is 5.78 Å². The lowest BCUT2D eigenvalue weighted by molar-refractivity contribution is 0.0915. The molecule has 0 heterocycles. The van der Waals surface area contributed by atoms with Crippen molar-refractivity contribution in [1.29, 1.82) is 0 Å². The summed E-state index contributed by atoms with van der Waals surface area (Å²) in [5, 5.41) is 10.4. The van der Waals surface area contributed by atoms with Crippen LogP contribution in [0.2, 0.25) is 0 Å². The Bertz CT molecular complexity index is 797. The number of aryl methyl sites for hydroxylation is 1. The smallest absolute Gasteiger partial charge is 0.167 e. The van der Waals surface area contributed by atoms with E-state index in [4.69, 9.17) is 4.74 Å². The highest BCUT2D eigenvalue weighted by atomic mass is 16.5.